The van der Waals surface area contributed by atoms with Gasteiger partial charge in [-0.1, -0.05) is 0 Å². The molecule has 0 unspecified atom stereocenters. The van der Waals surface area contributed by atoms with Gasteiger partial charge in [-0.15, -0.1) is 0 Å². The van der Waals surface area contributed by atoms with Crippen molar-refractivity contribution in [3.8, 4) is 0 Å². The summed E-state index contributed by atoms with van der Waals surface area (Å²) in [7, 11) is 0. The van der Waals surface area contributed by atoms with E-state index in [2.05, 4.69) is 31.2 Å². The van der Waals surface area contributed by atoms with Crippen molar-refractivity contribution in [2.45, 2.75) is 58.3 Å². The highest BCUT2D eigenvalue weighted by molar-refractivity contribution is 9.10. The maximum atomic E-state index is 12.3. The number of carboxylic acid groups (broad SMARTS) is 1. The monoisotopic (exact) mass is 470 g/mol. The van der Waals surface area contributed by atoms with Crippen molar-refractivity contribution in [1.82, 2.24) is 15.3 Å². The minimum absolute atomic E-state index is 0.0743. The SMILES string of the molecule is C[C@@H]1OCC2(CCN(c3ncc(Br)nc3C(=O)O)CC2)[C@@H]1NC(=O)OC(C)(C)C. The maximum Gasteiger partial charge on any atom is 0.407 e. The lowest BCUT2D eigenvalue weighted by molar-refractivity contribution is 0.0433. The van der Waals surface area contributed by atoms with E-state index >= 15 is 0 Å². The first-order chi connectivity index (χ1) is 13.5. The van der Waals surface area contributed by atoms with Crippen molar-refractivity contribution in [3.63, 3.8) is 0 Å². The zero-order valence-corrected chi connectivity index (χ0v) is 18.7. The minimum atomic E-state index is -1.11. The third-order valence-electron chi connectivity index (χ3n) is 5.42. The van der Waals surface area contributed by atoms with Gasteiger partial charge in [-0.2, -0.15) is 0 Å². The van der Waals surface area contributed by atoms with E-state index in [1.165, 1.54) is 6.20 Å². The van der Waals surface area contributed by atoms with Crippen LogP contribution in [0.4, 0.5) is 10.6 Å². The Morgan fingerprint density at radius 1 is 1.38 bits per heavy atom. The van der Waals surface area contributed by atoms with Crippen LogP contribution in [-0.2, 0) is 9.47 Å². The maximum absolute atomic E-state index is 12.3. The molecule has 3 rings (SSSR count). The average molecular weight is 471 g/mol. The van der Waals surface area contributed by atoms with Crippen LogP contribution in [0.5, 0.6) is 0 Å². The molecular weight excluding hydrogens is 444 g/mol. The Labute approximate surface area is 178 Å². The molecule has 0 saturated carbocycles. The molecule has 9 nitrogen and oxygen atoms in total. The van der Waals surface area contributed by atoms with Crippen LogP contribution in [0.25, 0.3) is 0 Å². The second-order valence-corrected chi connectivity index (χ2v) is 9.47. The van der Waals surface area contributed by atoms with Crippen LogP contribution in [0.2, 0.25) is 0 Å². The van der Waals surface area contributed by atoms with Crippen LogP contribution in [0, 0.1) is 5.41 Å². The predicted octanol–water partition coefficient (Wildman–Crippen LogP) is 2.84. The molecule has 3 heterocycles. The number of nitrogens with one attached hydrogen (secondary N) is 1. The fourth-order valence-corrected chi connectivity index (χ4v) is 4.32. The molecule has 2 atom stereocenters. The summed E-state index contributed by atoms with van der Waals surface area (Å²) in [6, 6.07) is -0.172. The lowest BCUT2D eigenvalue weighted by Gasteiger charge is -2.43. The molecular formula is C19H27BrN4O5. The van der Waals surface area contributed by atoms with Gasteiger partial charge in [-0.25, -0.2) is 19.6 Å². The lowest BCUT2D eigenvalue weighted by Crippen LogP contribution is -2.55. The van der Waals surface area contributed by atoms with E-state index in [9.17, 15) is 14.7 Å². The first-order valence-electron chi connectivity index (χ1n) is 9.63. The molecule has 2 saturated heterocycles. The van der Waals surface area contributed by atoms with Crippen LogP contribution in [0.3, 0.4) is 0 Å². The molecule has 2 aliphatic heterocycles. The molecule has 29 heavy (non-hydrogen) atoms. The standard InChI is InChI=1S/C19H27BrN4O5/c1-11-14(23-17(27)29-18(2,3)4)19(10-28-11)5-7-24(8-6-19)15-13(16(25)26)22-12(20)9-21-15/h9,11,14H,5-8,10H2,1-4H3,(H,23,27)(H,25,26)/t11-,14+/m0/s1. The quantitative estimate of drug-likeness (QED) is 0.692. The van der Waals surface area contributed by atoms with E-state index in [-0.39, 0.29) is 23.3 Å². The Morgan fingerprint density at radius 3 is 2.62 bits per heavy atom. The van der Waals surface area contributed by atoms with Crippen LogP contribution in [-0.4, -0.2) is 64.6 Å². The topological polar surface area (TPSA) is 114 Å². The number of ether oxygens (including phenoxy) is 2. The third kappa shape index (κ3) is 4.80. The molecule has 10 heteroatoms. The lowest BCUT2D eigenvalue weighted by atomic mass is 9.73. The Hall–Kier alpha value is -1.94. The second kappa shape index (κ2) is 8.06. The Kier molecular flexibility index (Phi) is 6.05. The molecule has 0 aromatic carbocycles. The molecule has 2 fully saturated rings. The second-order valence-electron chi connectivity index (χ2n) is 8.66. The summed E-state index contributed by atoms with van der Waals surface area (Å²) in [6.07, 6.45) is 2.38. The summed E-state index contributed by atoms with van der Waals surface area (Å²) in [5.41, 5.74) is -0.870. The van der Waals surface area contributed by atoms with Crippen molar-refractivity contribution in [1.29, 1.82) is 0 Å². The average Bonchev–Trinajstić information content (AvgIpc) is 2.90. The normalized spacial score (nSPS) is 23.8. The van der Waals surface area contributed by atoms with Gasteiger partial charge in [0.2, 0.25) is 0 Å². The first-order valence-corrected chi connectivity index (χ1v) is 10.4. The van der Waals surface area contributed by atoms with E-state index in [1.807, 2.05) is 32.6 Å². The molecule has 2 aliphatic rings. The number of aromatic nitrogens is 2. The number of halogens is 1. The molecule has 2 N–H and O–H groups in total. The van der Waals surface area contributed by atoms with E-state index in [0.29, 0.717) is 30.1 Å². The number of carboxylic acids is 1. The number of carbonyl (C=O) groups excluding carboxylic acids is 1. The van der Waals surface area contributed by atoms with Crippen molar-refractivity contribution in [2.24, 2.45) is 5.41 Å². The van der Waals surface area contributed by atoms with Gasteiger partial charge in [0.15, 0.2) is 11.5 Å². The number of amides is 1. The number of piperidine rings is 1. The van der Waals surface area contributed by atoms with E-state index in [0.717, 1.165) is 12.8 Å². The summed E-state index contributed by atoms with van der Waals surface area (Å²) in [6.45, 7) is 9.17. The Bertz CT molecular complexity index is 789. The molecule has 1 spiro atoms. The van der Waals surface area contributed by atoms with E-state index in [4.69, 9.17) is 9.47 Å². The summed E-state index contributed by atoms with van der Waals surface area (Å²) in [5, 5.41) is 12.5. The van der Waals surface area contributed by atoms with Crippen LogP contribution < -0.4 is 10.2 Å². The predicted molar refractivity (Wildman–Crippen MR) is 109 cm³/mol. The molecule has 0 bridgehead atoms. The zero-order chi connectivity index (χ0) is 21.4. The fourth-order valence-electron chi connectivity index (χ4n) is 4.04. The fraction of sp³-hybridized carbons (Fsp3) is 0.684. The molecule has 1 aromatic heterocycles. The highest BCUT2D eigenvalue weighted by Crippen LogP contribution is 2.43. The number of alkyl carbamates (subject to hydrolysis) is 1. The largest absolute Gasteiger partial charge is 0.476 e. The number of aromatic carboxylic acids is 1. The van der Waals surface area contributed by atoms with Gasteiger partial charge in [0.25, 0.3) is 0 Å². The van der Waals surface area contributed by atoms with Crippen LogP contribution in [0.15, 0.2) is 10.8 Å². The number of hydrogen-bond acceptors (Lipinski definition) is 7. The Morgan fingerprint density at radius 2 is 2.03 bits per heavy atom. The van der Waals surface area contributed by atoms with Gasteiger partial charge in [0.1, 0.15) is 10.2 Å². The van der Waals surface area contributed by atoms with Crippen LogP contribution in [0.1, 0.15) is 51.0 Å². The zero-order valence-electron chi connectivity index (χ0n) is 17.1. The molecule has 160 valence electrons. The summed E-state index contributed by atoms with van der Waals surface area (Å²) >= 11 is 3.17. The van der Waals surface area contributed by atoms with Gasteiger partial charge < -0.3 is 24.8 Å². The number of carbonyl (C=O) groups is 2. The van der Waals surface area contributed by atoms with Gasteiger partial charge in [-0.3, -0.25) is 0 Å². The van der Waals surface area contributed by atoms with Crippen LogP contribution >= 0.6 is 15.9 Å². The van der Waals surface area contributed by atoms with Crippen molar-refractivity contribution >= 4 is 33.8 Å². The van der Waals surface area contributed by atoms with Gasteiger partial charge >= 0.3 is 12.1 Å². The number of rotatable bonds is 3. The van der Waals surface area contributed by atoms with Gasteiger partial charge in [0.05, 0.1) is 24.9 Å². The van der Waals surface area contributed by atoms with Crippen molar-refractivity contribution in [3.05, 3.63) is 16.5 Å². The first kappa shape index (κ1) is 21.8. The van der Waals surface area contributed by atoms with Crippen molar-refractivity contribution in [2.75, 3.05) is 24.6 Å². The molecule has 0 aliphatic carbocycles. The summed E-state index contributed by atoms with van der Waals surface area (Å²) < 4.78 is 11.7. The third-order valence-corrected chi connectivity index (χ3v) is 5.80. The number of nitrogens with zero attached hydrogens (tertiary/aromatic N) is 3. The smallest absolute Gasteiger partial charge is 0.407 e. The Balaban J connectivity index is 1.73. The van der Waals surface area contributed by atoms with Crippen molar-refractivity contribution < 1.29 is 24.2 Å². The number of hydrogen-bond donors (Lipinski definition) is 2. The molecule has 0 radical (unpaired) electrons. The minimum Gasteiger partial charge on any atom is -0.476 e. The number of anilines is 1. The van der Waals surface area contributed by atoms with Gasteiger partial charge in [0, 0.05) is 18.5 Å². The van der Waals surface area contributed by atoms with Gasteiger partial charge in [-0.05, 0) is 56.5 Å². The summed E-state index contributed by atoms with van der Waals surface area (Å²) in [4.78, 5) is 34.2. The summed E-state index contributed by atoms with van der Waals surface area (Å²) in [5.74, 6) is -0.754. The molecule has 1 amide bonds. The van der Waals surface area contributed by atoms with E-state index < -0.39 is 17.7 Å². The highest BCUT2D eigenvalue weighted by Gasteiger charge is 2.50. The molecule has 1 aromatic rings. The highest BCUT2D eigenvalue weighted by atomic mass is 79.9. The van der Waals surface area contributed by atoms with E-state index in [1.54, 1.807) is 0 Å².